The van der Waals surface area contributed by atoms with Gasteiger partial charge in [-0.2, -0.15) is 0 Å². The lowest BCUT2D eigenvalue weighted by Gasteiger charge is -2.29. The summed E-state index contributed by atoms with van der Waals surface area (Å²) in [6.45, 7) is 3.78. The average Bonchev–Trinajstić information content (AvgIpc) is 2.46. The van der Waals surface area contributed by atoms with Crippen molar-refractivity contribution in [1.82, 2.24) is 0 Å². The first-order valence-corrected chi connectivity index (χ1v) is 9.75. The first-order chi connectivity index (χ1) is 10.9. The molecule has 1 aliphatic heterocycles. The van der Waals surface area contributed by atoms with Crippen LogP contribution >= 0.6 is 15.9 Å². The zero-order valence-corrected chi connectivity index (χ0v) is 14.9. The molecule has 6 heteroatoms. The molecule has 0 bridgehead atoms. The van der Waals surface area contributed by atoms with Gasteiger partial charge in [0.25, 0.3) is 0 Å². The highest BCUT2D eigenvalue weighted by molar-refractivity contribution is 9.10. The van der Waals surface area contributed by atoms with Crippen molar-refractivity contribution in [2.24, 2.45) is 0 Å². The number of fused-ring (bicyclic) bond motifs is 3. The van der Waals surface area contributed by atoms with Crippen molar-refractivity contribution in [3.05, 3.63) is 59.1 Å². The van der Waals surface area contributed by atoms with Crippen molar-refractivity contribution in [2.45, 2.75) is 12.5 Å². The second-order valence-corrected chi connectivity index (χ2v) is 8.02. The number of benzene rings is 2. The summed E-state index contributed by atoms with van der Waals surface area (Å²) in [6, 6.07) is 11.3. The third-order valence-electron chi connectivity index (χ3n) is 3.60. The maximum absolute atomic E-state index is 11.5. The van der Waals surface area contributed by atoms with Gasteiger partial charge in [0.2, 0.25) is 10.0 Å². The second kappa shape index (κ2) is 6.02. The maximum atomic E-state index is 11.5. The van der Waals surface area contributed by atoms with Crippen LogP contribution in [-0.4, -0.2) is 14.7 Å². The molecule has 0 fully saturated rings. The van der Waals surface area contributed by atoms with Crippen LogP contribution in [-0.2, 0) is 10.0 Å². The summed E-state index contributed by atoms with van der Waals surface area (Å²) in [5.41, 5.74) is 3.48. The first kappa shape index (κ1) is 16.1. The van der Waals surface area contributed by atoms with Crippen molar-refractivity contribution in [2.75, 3.05) is 11.0 Å². The van der Waals surface area contributed by atoms with Gasteiger partial charge in [-0.15, -0.1) is 6.58 Å². The lowest BCUT2D eigenvalue weighted by molar-refractivity contribution is 0.206. The Morgan fingerprint density at radius 1 is 1.35 bits per heavy atom. The van der Waals surface area contributed by atoms with Crippen molar-refractivity contribution in [3.8, 4) is 16.9 Å². The molecule has 0 aliphatic carbocycles. The zero-order chi connectivity index (χ0) is 16.6. The molecular formula is C17H16BrNO3S. The summed E-state index contributed by atoms with van der Waals surface area (Å²) in [4.78, 5) is 0. The van der Waals surface area contributed by atoms with Gasteiger partial charge >= 0.3 is 0 Å². The monoisotopic (exact) mass is 393 g/mol. The van der Waals surface area contributed by atoms with E-state index in [0.717, 1.165) is 33.2 Å². The van der Waals surface area contributed by atoms with E-state index in [1.165, 1.54) is 0 Å². The van der Waals surface area contributed by atoms with E-state index < -0.39 is 10.0 Å². The van der Waals surface area contributed by atoms with Gasteiger partial charge in [0.15, 0.2) is 0 Å². The molecule has 1 aliphatic rings. The van der Waals surface area contributed by atoms with E-state index in [-0.39, 0.29) is 6.10 Å². The molecule has 1 atom stereocenters. The minimum absolute atomic E-state index is 0.189. The molecule has 1 heterocycles. The third kappa shape index (κ3) is 3.28. The van der Waals surface area contributed by atoms with Crippen LogP contribution in [0.25, 0.3) is 11.1 Å². The topological polar surface area (TPSA) is 55.4 Å². The maximum Gasteiger partial charge on any atom is 0.229 e. The summed E-state index contributed by atoms with van der Waals surface area (Å²) >= 11 is 3.57. The van der Waals surface area contributed by atoms with E-state index in [0.29, 0.717) is 12.1 Å². The highest BCUT2D eigenvalue weighted by Gasteiger charge is 2.27. The second-order valence-electron chi connectivity index (χ2n) is 5.42. The highest BCUT2D eigenvalue weighted by Crippen LogP contribution is 2.47. The van der Waals surface area contributed by atoms with Gasteiger partial charge in [0, 0.05) is 27.7 Å². The summed E-state index contributed by atoms with van der Waals surface area (Å²) in [7, 11) is -3.32. The standard InChI is InChI=1S/C17H16BrNO3S/c1-3-5-15-13-10-11(19-23(2,20)21)8-9-12(13)17-14(18)6-4-7-16(17)22-15/h3-4,6-10,15,19H,1,5H2,2H3. The number of halogens is 1. The summed E-state index contributed by atoms with van der Waals surface area (Å²) in [5.74, 6) is 0.808. The van der Waals surface area contributed by atoms with E-state index in [9.17, 15) is 8.42 Å². The molecule has 2 aromatic rings. The molecule has 0 aromatic heterocycles. The smallest absolute Gasteiger partial charge is 0.229 e. The Balaban J connectivity index is 2.16. The molecule has 0 spiro atoms. The lowest BCUT2D eigenvalue weighted by Crippen LogP contribution is -2.15. The van der Waals surface area contributed by atoms with E-state index in [2.05, 4.69) is 27.2 Å². The number of nitrogens with one attached hydrogen (secondary N) is 1. The van der Waals surface area contributed by atoms with Crippen molar-refractivity contribution < 1.29 is 13.2 Å². The Bertz CT molecular complexity index is 877. The van der Waals surface area contributed by atoms with Crippen molar-refractivity contribution >= 4 is 31.6 Å². The van der Waals surface area contributed by atoms with Crippen LogP contribution in [0, 0.1) is 0 Å². The van der Waals surface area contributed by atoms with Crippen LogP contribution < -0.4 is 9.46 Å². The van der Waals surface area contributed by atoms with Gasteiger partial charge in [-0.1, -0.05) is 34.1 Å². The number of rotatable bonds is 4. The molecule has 1 N–H and O–H groups in total. The van der Waals surface area contributed by atoms with Crippen molar-refractivity contribution in [3.63, 3.8) is 0 Å². The van der Waals surface area contributed by atoms with Crippen LogP contribution in [0.15, 0.2) is 53.5 Å². The number of hydrogen-bond donors (Lipinski definition) is 1. The fourth-order valence-electron chi connectivity index (χ4n) is 2.74. The molecule has 2 aromatic carbocycles. The fraction of sp³-hybridized carbons (Fsp3) is 0.176. The van der Waals surface area contributed by atoms with Crippen LogP contribution in [0.4, 0.5) is 5.69 Å². The van der Waals surface area contributed by atoms with Gasteiger partial charge in [-0.05, 0) is 29.8 Å². The summed E-state index contributed by atoms with van der Waals surface area (Å²) < 4.78 is 32.5. The van der Waals surface area contributed by atoms with Gasteiger partial charge in [-0.25, -0.2) is 8.42 Å². The van der Waals surface area contributed by atoms with E-state index in [1.807, 2.05) is 30.3 Å². The van der Waals surface area contributed by atoms with Crippen LogP contribution in [0.2, 0.25) is 0 Å². The Kier molecular flexibility index (Phi) is 4.21. The first-order valence-electron chi connectivity index (χ1n) is 7.07. The Morgan fingerprint density at radius 2 is 2.13 bits per heavy atom. The Labute approximate surface area is 144 Å². The minimum Gasteiger partial charge on any atom is -0.485 e. The molecule has 0 saturated heterocycles. The van der Waals surface area contributed by atoms with Gasteiger partial charge in [-0.3, -0.25) is 4.72 Å². The number of ether oxygens (including phenoxy) is 1. The third-order valence-corrected chi connectivity index (χ3v) is 4.86. The quantitative estimate of drug-likeness (QED) is 0.777. The molecule has 1 unspecified atom stereocenters. The molecule has 0 radical (unpaired) electrons. The minimum atomic E-state index is -3.32. The number of anilines is 1. The fourth-order valence-corrected chi connectivity index (χ4v) is 3.86. The highest BCUT2D eigenvalue weighted by atomic mass is 79.9. The molecule has 0 amide bonds. The Hall–Kier alpha value is -1.79. The van der Waals surface area contributed by atoms with E-state index in [1.54, 1.807) is 12.1 Å². The summed E-state index contributed by atoms with van der Waals surface area (Å²) in [6.07, 6.45) is 3.39. The lowest BCUT2D eigenvalue weighted by atomic mass is 9.91. The number of hydrogen-bond acceptors (Lipinski definition) is 3. The largest absolute Gasteiger partial charge is 0.485 e. The SMILES string of the molecule is C=CCC1Oc2cccc(Br)c2-c2ccc(NS(C)(=O)=O)cc21. The average molecular weight is 394 g/mol. The number of sulfonamides is 1. The van der Waals surface area contributed by atoms with E-state index >= 15 is 0 Å². The van der Waals surface area contributed by atoms with Crippen LogP contribution in [0.5, 0.6) is 5.75 Å². The predicted octanol–water partition coefficient (Wildman–Crippen LogP) is 4.50. The van der Waals surface area contributed by atoms with Gasteiger partial charge < -0.3 is 4.74 Å². The molecular weight excluding hydrogens is 378 g/mol. The molecule has 3 rings (SSSR count). The van der Waals surface area contributed by atoms with E-state index in [4.69, 9.17) is 4.74 Å². The van der Waals surface area contributed by atoms with Crippen LogP contribution in [0.1, 0.15) is 18.1 Å². The molecule has 23 heavy (non-hydrogen) atoms. The van der Waals surface area contributed by atoms with Crippen LogP contribution in [0.3, 0.4) is 0 Å². The van der Waals surface area contributed by atoms with Crippen molar-refractivity contribution in [1.29, 1.82) is 0 Å². The van der Waals surface area contributed by atoms with Gasteiger partial charge in [0.1, 0.15) is 11.9 Å². The molecule has 0 saturated carbocycles. The zero-order valence-electron chi connectivity index (χ0n) is 12.5. The van der Waals surface area contributed by atoms with Gasteiger partial charge in [0.05, 0.1) is 6.26 Å². The molecule has 4 nitrogen and oxygen atoms in total. The normalized spacial score (nSPS) is 16.0. The Morgan fingerprint density at radius 3 is 2.83 bits per heavy atom. The predicted molar refractivity (Wildman–Crippen MR) is 96.2 cm³/mol. The molecule has 120 valence electrons. The summed E-state index contributed by atoms with van der Waals surface area (Å²) in [5, 5.41) is 0.